The number of nitrogens with two attached hydrogens (primary N) is 1. The fourth-order valence-corrected chi connectivity index (χ4v) is 2.12. The number of benzene rings is 1. The summed E-state index contributed by atoms with van der Waals surface area (Å²) in [5.41, 5.74) is 6.11. The first kappa shape index (κ1) is 12.1. The maximum absolute atomic E-state index is 13.4. The van der Waals surface area contributed by atoms with Crippen LogP contribution >= 0.6 is 0 Å². The number of nitrogen functional groups attached to an aromatic ring is 1. The van der Waals surface area contributed by atoms with E-state index in [9.17, 15) is 8.78 Å². The Kier molecular flexibility index (Phi) is 3.47. The van der Waals surface area contributed by atoms with Crippen molar-refractivity contribution < 1.29 is 13.5 Å². The minimum Gasteiger partial charge on any atom is -0.395 e. The van der Waals surface area contributed by atoms with E-state index in [2.05, 4.69) is 0 Å². The topological polar surface area (TPSA) is 38.5 Å². The quantitative estimate of drug-likeness (QED) is 0.808. The van der Waals surface area contributed by atoms with Crippen molar-refractivity contribution in [3.05, 3.63) is 23.8 Å². The van der Waals surface area contributed by atoms with Crippen LogP contribution in [0.3, 0.4) is 0 Å². The van der Waals surface area contributed by atoms with Crippen molar-refractivity contribution in [3.8, 4) is 0 Å². The normalized spacial score (nSPS) is 20.6. The number of halogens is 2. The molecule has 1 aliphatic heterocycles. The van der Waals surface area contributed by atoms with E-state index in [1.165, 1.54) is 6.07 Å². The predicted molar refractivity (Wildman–Crippen MR) is 63.0 cm³/mol. The van der Waals surface area contributed by atoms with Crippen LogP contribution in [0.5, 0.6) is 0 Å². The molecule has 3 nitrogen and oxygen atoms in total. The molecule has 0 aromatic heterocycles. The van der Waals surface area contributed by atoms with Gasteiger partial charge in [0.1, 0.15) is 5.82 Å². The average molecular weight is 242 g/mol. The molecule has 1 aromatic carbocycles. The lowest BCUT2D eigenvalue weighted by Crippen LogP contribution is -2.45. The first-order valence-electron chi connectivity index (χ1n) is 5.72. The maximum Gasteiger partial charge on any atom is 0.151 e. The molecule has 0 bridgehead atoms. The molecule has 0 amide bonds. The summed E-state index contributed by atoms with van der Waals surface area (Å²) < 4.78 is 32.0. The van der Waals surface area contributed by atoms with E-state index in [4.69, 9.17) is 10.5 Å². The molecule has 2 N–H and O–H groups in total. The van der Waals surface area contributed by atoms with Gasteiger partial charge in [-0.15, -0.1) is 0 Å². The zero-order valence-electron chi connectivity index (χ0n) is 9.75. The molecule has 5 heteroatoms. The molecular formula is C12H16F2N2O. The lowest BCUT2D eigenvalue weighted by Gasteiger charge is -2.37. The molecule has 1 aromatic rings. The molecule has 1 atom stereocenters. The molecule has 1 aliphatic rings. The Bertz CT molecular complexity index is 412. The number of rotatable bonds is 2. The molecule has 1 unspecified atom stereocenters. The second-order valence-corrected chi connectivity index (χ2v) is 4.15. The molecule has 94 valence electrons. The molecule has 17 heavy (non-hydrogen) atoms. The van der Waals surface area contributed by atoms with Crippen molar-refractivity contribution in [1.82, 2.24) is 0 Å². The molecule has 1 heterocycles. The van der Waals surface area contributed by atoms with E-state index >= 15 is 0 Å². The third kappa shape index (κ3) is 2.34. The van der Waals surface area contributed by atoms with E-state index in [0.29, 0.717) is 25.4 Å². The van der Waals surface area contributed by atoms with Gasteiger partial charge in [0.2, 0.25) is 0 Å². The van der Waals surface area contributed by atoms with Crippen molar-refractivity contribution in [2.45, 2.75) is 19.4 Å². The summed E-state index contributed by atoms with van der Waals surface area (Å²) in [6, 6.07) is 2.21. The molecule has 1 saturated heterocycles. The summed E-state index contributed by atoms with van der Waals surface area (Å²) in [5, 5.41) is 0. The van der Waals surface area contributed by atoms with Crippen molar-refractivity contribution in [3.63, 3.8) is 0 Å². The molecular weight excluding hydrogens is 226 g/mol. The first-order chi connectivity index (χ1) is 8.13. The van der Waals surface area contributed by atoms with Gasteiger partial charge in [-0.05, 0) is 12.5 Å². The summed E-state index contributed by atoms with van der Waals surface area (Å²) in [4.78, 5) is 1.92. The zero-order valence-corrected chi connectivity index (χ0v) is 9.75. The summed E-state index contributed by atoms with van der Waals surface area (Å²) >= 11 is 0. The number of hydrogen-bond acceptors (Lipinski definition) is 3. The van der Waals surface area contributed by atoms with Gasteiger partial charge in [0.15, 0.2) is 5.82 Å². The van der Waals surface area contributed by atoms with Crippen LogP contribution in [0.2, 0.25) is 0 Å². The van der Waals surface area contributed by atoms with Crippen molar-refractivity contribution in [2.24, 2.45) is 0 Å². The van der Waals surface area contributed by atoms with Crippen LogP contribution < -0.4 is 10.6 Å². The van der Waals surface area contributed by atoms with E-state index in [1.807, 2.05) is 11.8 Å². The van der Waals surface area contributed by atoms with Crippen molar-refractivity contribution in [1.29, 1.82) is 0 Å². The molecule has 2 rings (SSSR count). The molecule has 0 saturated carbocycles. The van der Waals surface area contributed by atoms with E-state index in [1.54, 1.807) is 0 Å². The Morgan fingerprint density at radius 3 is 2.94 bits per heavy atom. The average Bonchev–Trinajstić information content (AvgIpc) is 2.33. The van der Waals surface area contributed by atoms with Crippen LogP contribution in [-0.4, -0.2) is 25.8 Å². The Morgan fingerprint density at radius 1 is 1.47 bits per heavy atom. The standard InChI is InChI=1S/C12H16F2N2O/c1-2-9-7-17-4-3-16(9)11-6-8(13)5-10(14)12(11)15/h5-6,9H,2-4,7,15H2,1H3. The maximum atomic E-state index is 13.4. The van der Waals surface area contributed by atoms with Crippen LogP contribution in [0.15, 0.2) is 12.1 Å². The number of ether oxygens (including phenoxy) is 1. The second kappa shape index (κ2) is 4.87. The minimum absolute atomic E-state index is 0.00625. The number of morpholine rings is 1. The minimum atomic E-state index is -0.707. The highest BCUT2D eigenvalue weighted by atomic mass is 19.1. The Morgan fingerprint density at radius 2 is 2.24 bits per heavy atom. The van der Waals surface area contributed by atoms with Crippen molar-refractivity contribution in [2.75, 3.05) is 30.4 Å². The van der Waals surface area contributed by atoms with Gasteiger partial charge < -0.3 is 15.4 Å². The third-order valence-corrected chi connectivity index (χ3v) is 3.08. The lowest BCUT2D eigenvalue weighted by atomic mass is 10.1. The van der Waals surface area contributed by atoms with Gasteiger partial charge in [-0.1, -0.05) is 6.92 Å². The molecule has 1 fully saturated rings. The smallest absolute Gasteiger partial charge is 0.151 e. The fraction of sp³-hybridized carbons (Fsp3) is 0.500. The fourth-order valence-electron chi connectivity index (χ4n) is 2.12. The van der Waals surface area contributed by atoms with Gasteiger partial charge in [0.25, 0.3) is 0 Å². The predicted octanol–water partition coefficient (Wildman–Crippen LogP) is 2.16. The van der Waals surface area contributed by atoms with Crippen LogP contribution in [0.4, 0.5) is 20.2 Å². The summed E-state index contributed by atoms with van der Waals surface area (Å²) in [6.07, 6.45) is 0.845. The van der Waals surface area contributed by atoms with E-state index < -0.39 is 11.6 Å². The zero-order chi connectivity index (χ0) is 12.4. The number of nitrogens with zero attached hydrogens (tertiary/aromatic N) is 1. The van der Waals surface area contributed by atoms with Gasteiger partial charge >= 0.3 is 0 Å². The van der Waals surface area contributed by atoms with Crippen molar-refractivity contribution >= 4 is 11.4 Å². The summed E-state index contributed by atoms with van der Waals surface area (Å²) in [6.45, 7) is 3.73. The van der Waals surface area contributed by atoms with Crippen LogP contribution in [0.1, 0.15) is 13.3 Å². The van der Waals surface area contributed by atoms with Crippen LogP contribution in [0.25, 0.3) is 0 Å². The molecule has 0 spiro atoms. The highest BCUT2D eigenvalue weighted by Gasteiger charge is 2.24. The highest BCUT2D eigenvalue weighted by molar-refractivity contribution is 5.69. The molecule has 0 radical (unpaired) electrons. The second-order valence-electron chi connectivity index (χ2n) is 4.15. The third-order valence-electron chi connectivity index (χ3n) is 3.08. The number of hydrogen-bond donors (Lipinski definition) is 1. The van der Waals surface area contributed by atoms with E-state index in [-0.39, 0.29) is 11.7 Å². The van der Waals surface area contributed by atoms with Gasteiger partial charge in [-0.2, -0.15) is 0 Å². The summed E-state index contributed by atoms with van der Waals surface area (Å²) in [5.74, 6) is -1.31. The van der Waals surface area contributed by atoms with Gasteiger partial charge in [0, 0.05) is 12.6 Å². The largest absolute Gasteiger partial charge is 0.395 e. The van der Waals surface area contributed by atoms with E-state index in [0.717, 1.165) is 12.5 Å². The SMILES string of the molecule is CCC1COCCN1c1cc(F)cc(F)c1N. The Hall–Kier alpha value is -1.36. The Labute approximate surface area is 99.2 Å². The van der Waals surface area contributed by atoms with Crippen LogP contribution in [0, 0.1) is 11.6 Å². The van der Waals surface area contributed by atoms with Crippen LogP contribution in [-0.2, 0) is 4.74 Å². The molecule has 0 aliphatic carbocycles. The Balaban J connectivity index is 2.37. The monoisotopic (exact) mass is 242 g/mol. The number of anilines is 2. The highest BCUT2D eigenvalue weighted by Crippen LogP contribution is 2.30. The summed E-state index contributed by atoms with van der Waals surface area (Å²) in [7, 11) is 0. The van der Waals surface area contributed by atoms with Gasteiger partial charge in [-0.3, -0.25) is 0 Å². The van der Waals surface area contributed by atoms with Gasteiger partial charge in [-0.25, -0.2) is 8.78 Å². The lowest BCUT2D eigenvalue weighted by molar-refractivity contribution is 0.0930. The first-order valence-corrected chi connectivity index (χ1v) is 5.72. The van der Waals surface area contributed by atoms with Gasteiger partial charge in [0.05, 0.1) is 30.6 Å².